The topological polar surface area (TPSA) is 206 Å². The molecule has 400 valence electrons. The number of nitrogen functional groups attached to an aromatic ring is 1. The Morgan fingerprint density at radius 2 is 1.14 bits per heavy atom. The average Bonchev–Trinajstić information content (AvgIpc) is 4.24. The minimum atomic E-state index is -0.359. The summed E-state index contributed by atoms with van der Waals surface area (Å²) >= 11 is 0. The number of aliphatic hydroxyl groups is 1. The van der Waals surface area contributed by atoms with Gasteiger partial charge in [0.15, 0.2) is 0 Å². The van der Waals surface area contributed by atoms with Gasteiger partial charge in [0.05, 0.1) is 53.3 Å². The molecule has 0 amide bonds. The second kappa shape index (κ2) is 24.6. The van der Waals surface area contributed by atoms with Crippen LogP contribution in [0, 0.1) is 22.0 Å². The molecule has 5 N–H and O–H groups in total. The highest BCUT2D eigenvalue weighted by Crippen LogP contribution is 2.40. The van der Waals surface area contributed by atoms with Crippen molar-refractivity contribution in [2.75, 3.05) is 114 Å². The molecule has 2 aliphatic heterocycles. The maximum absolute atomic E-state index is 12.1. The van der Waals surface area contributed by atoms with Gasteiger partial charge in [-0.1, -0.05) is 50.2 Å². The molecular weight excluding hydrogens is 961 g/mol. The number of nitrogens with one attached hydrogen (secondary N) is 2. The highest BCUT2D eigenvalue weighted by atomic mass is 16.6. The average molecular weight is 1030 g/mol. The highest BCUT2D eigenvalue weighted by molar-refractivity contribution is 5.96. The van der Waals surface area contributed by atoms with Crippen molar-refractivity contribution in [2.24, 2.45) is 25.9 Å². The summed E-state index contributed by atoms with van der Waals surface area (Å²) in [7, 11) is 12.2. The van der Waals surface area contributed by atoms with Crippen LogP contribution in [-0.2, 0) is 14.1 Å². The first-order valence-corrected chi connectivity index (χ1v) is 25.7. The van der Waals surface area contributed by atoms with Crippen molar-refractivity contribution < 1.29 is 19.5 Å². The number of aromatic nitrogens is 6. The van der Waals surface area contributed by atoms with Crippen LogP contribution in [0.25, 0.3) is 44.3 Å². The monoisotopic (exact) mass is 1030 g/mol. The summed E-state index contributed by atoms with van der Waals surface area (Å²) in [5, 5.41) is 27.8. The van der Waals surface area contributed by atoms with Gasteiger partial charge >= 0.3 is 0 Å². The molecule has 2 fully saturated rings. The third kappa shape index (κ3) is 12.4. The summed E-state index contributed by atoms with van der Waals surface area (Å²) < 4.78 is 15.5. The Morgan fingerprint density at radius 1 is 0.697 bits per heavy atom. The van der Waals surface area contributed by atoms with Crippen LogP contribution in [0.5, 0.6) is 11.5 Å². The number of benzene rings is 4. The number of nitrogens with two attached hydrogens (primary N) is 1. The zero-order valence-electron chi connectivity index (χ0n) is 45.2. The first-order valence-electron chi connectivity index (χ1n) is 25.7. The van der Waals surface area contributed by atoms with E-state index < -0.39 is 0 Å². The van der Waals surface area contributed by atoms with E-state index in [1.165, 1.54) is 32.0 Å². The Hall–Kier alpha value is -8.00. The molecule has 4 aromatic heterocycles. The van der Waals surface area contributed by atoms with Crippen LogP contribution in [0.15, 0.2) is 110 Å². The zero-order valence-corrected chi connectivity index (χ0v) is 45.2. The van der Waals surface area contributed by atoms with E-state index >= 15 is 0 Å². The standard InChI is InChI=1S/C28H33N7O3.C28H35N7O.CH4O/c1-19-10-12-34(17-19)14-13-32(2)25-16-27(38-4)23(15-26(25)35(36)37)31-28-29-11-9-22(30-28)21-18-33(3)24-8-6-5-7-20(21)24;1-19-10-12-35(17-19)14-13-33(2)26-16-27(36-4)24(15-22(26)29)32-28-30-11-9-23(31-28)21-18-34(3)25-8-6-5-7-20(21)25;1-2/h5-9,11,15-16,18-19H,10,12-14,17H2,1-4H3,(H,29,30,31);5-9,11,15-16,18-19H,10,12-14,17,29H2,1-4H3,(H,30,31,32);2H,1H3. The van der Waals surface area contributed by atoms with Crippen LogP contribution in [0.1, 0.15) is 26.7 Å². The summed E-state index contributed by atoms with van der Waals surface area (Å²) in [4.78, 5) is 39.1. The second-order valence-electron chi connectivity index (χ2n) is 19.8. The number of anilines is 7. The molecule has 2 atom stereocenters. The normalized spacial score (nSPS) is 15.4. The summed E-state index contributed by atoms with van der Waals surface area (Å²) in [6.07, 6.45) is 10.1. The number of hydrogen-bond acceptors (Lipinski definition) is 16. The van der Waals surface area contributed by atoms with Gasteiger partial charge < -0.3 is 59.7 Å². The lowest BCUT2D eigenvalue weighted by molar-refractivity contribution is -0.384. The number of nitrogens with zero attached hydrogens (tertiary/aromatic N) is 11. The molecule has 2 aliphatic rings. The molecule has 0 aliphatic carbocycles. The number of aryl methyl sites for hydroxylation is 2. The van der Waals surface area contributed by atoms with Crippen molar-refractivity contribution >= 4 is 67.8 Å². The van der Waals surface area contributed by atoms with Crippen LogP contribution in [0.3, 0.4) is 0 Å². The second-order valence-corrected chi connectivity index (χ2v) is 19.8. The van der Waals surface area contributed by atoms with Crippen LogP contribution >= 0.6 is 0 Å². The maximum atomic E-state index is 12.1. The van der Waals surface area contributed by atoms with E-state index in [9.17, 15) is 10.1 Å². The Balaban J connectivity index is 0.000000195. The van der Waals surface area contributed by atoms with Gasteiger partial charge in [0.2, 0.25) is 11.9 Å². The lowest BCUT2D eigenvalue weighted by Crippen LogP contribution is -2.32. The number of nitro benzene ring substituents is 1. The van der Waals surface area contributed by atoms with E-state index in [2.05, 4.69) is 95.8 Å². The van der Waals surface area contributed by atoms with Crippen LogP contribution in [0.4, 0.5) is 46.0 Å². The number of methoxy groups -OCH3 is 2. The third-order valence-corrected chi connectivity index (χ3v) is 14.3. The lowest BCUT2D eigenvalue weighted by Gasteiger charge is -2.25. The maximum Gasteiger partial charge on any atom is 0.294 e. The summed E-state index contributed by atoms with van der Waals surface area (Å²) in [5.41, 5.74) is 15.7. The molecule has 76 heavy (non-hydrogen) atoms. The van der Waals surface area contributed by atoms with Gasteiger partial charge in [-0.15, -0.1) is 0 Å². The minimum absolute atomic E-state index is 0.00389. The number of fused-ring (bicyclic) bond motifs is 2. The van der Waals surface area contributed by atoms with Gasteiger partial charge in [0.1, 0.15) is 17.2 Å². The van der Waals surface area contributed by atoms with Crippen molar-refractivity contribution in [1.29, 1.82) is 0 Å². The molecule has 0 spiro atoms. The Kier molecular flexibility index (Phi) is 17.5. The van der Waals surface area contributed by atoms with Gasteiger partial charge in [0.25, 0.3) is 5.69 Å². The summed E-state index contributed by atoms with van der Waals surface area (Å²) in [6, 6.07) is 27.3. The van der Waals surface area contributed by atoms with E-state index in [0.29, 0.717) is 52.9 Å². The molecule has 4 aromatic carbocycles. The van der Waals surface area contributed by atoms with Crippen molar-refractivity contribution in [3.8, 4) is 34.0 Å². The largest absolute Gasteiger partial charge is 0.494 e. The predicted octanol–water partition coefficient (Wildman–Crippen LogP) is 9.43. The number of aliphatic hydroxyl groups excluding tert-OH is 1. The Bertz CT molecular complexity index is 3270. The summed E-state index contributed by atoms with van der Waals surface area (Å²) in [6.45, 7) is 12.5. The van der Waals surface area contributed by atoms with Crippen molar-refractivity contribution in [2.45, 2.75) is 26.7 Å². The van der Waals surface area contributed by atoms with Crippen molar-refractivity contribution in [3.05, 3.63) is 120 Å². The van der Waals surface area contributed by atoms with Gasteiger partial charge in [-0.2, -0.15) is 0 Å². The molecule has 0 saturated carbocycles. The molecule has 8 aromatic rings. The van der Waals surface area contributed by atoms with E-state index in [1.54, 1.807) is 32.7 Å². The Morgan fingerprint density at radius 3 is 1.59 bits per heavy atom. The number of likely N-dealkylation sites (N-methyl/N-ethyl adjacent to an activating group) is 2. The van der Waals surface area contributed by atoms with E-state index in [1.807, 2.05) is 80.8 Å². The molecule has 19 nitrogen and oxygen atoms in total. The highest BCUT2D eigenvalue weighted by Gasteiger charge is 2.25. The fraction of sp³-hybridized carbons (Fsp3) is 0.368. The molecule has 2 saturated heterocycles. The van der Waals surface area contributed by atoms with Crippen molar-refractivity contribution in [3.63, 3.8) is 0 Å². The number of nitro groups is 1. The third-order valence-electron chi connectivity index (χ3n) is 14.3. The van der Waals surface area contributed by atoms with E-state index in [-0.39, 0.29) is 10.6 Å². The number of hydrogen-bond donors (Lipinski definition) is 4. The molecule has 19 heteroatoms. The van der Waals surface area contributed by atoms with Gasteiger partial charge in [-0.3, -0.25) is 10.1 Å². The molecule has 0 radical (unpaired) electrons. The van der Waals surface area contributed by atoms with Gasteiger partial charge in [-0.25, -0.2) is 19.9 Å². The molecule has 2 unspecified atom stereocenters. The first kappa shape index (κ1) is 54.3. The minimum Gasteiger partial charge on any atom is -0.494 e. The summed E-state index contributed by atoms with van der Waals surface area (Å²) in [5.74, 6) is 3.47. The lowest BCUT2D eigenvalue weighted by atomic mass is 10.1. The molecule has 6 heterocycles. The molecule has 10 rings (SSSR count). The van der Waals surface area contributed by atoms with E-state index in [0.717, 1.165) is 101 Å². The Labute approximate surface area is 445 Å². The van der Waals surface area contributed by atoms with Gasteiger partial charge in [0, 0.05) is 150 Å². The SMILES string of the molecule is CO.COc1cc(N(C)CCN2CCC(C)C2)c(N)cc1Nc1nccc(-c2cn(C)c3ccccc23)n1.COc1cc(N(C)CCN2CCC(C)C2)c([N+](=O)[O-])cc1Nc1nccc(-c2cn(C)c3ccccc23)n1. The first-order chi connectivity index (χ1) is 36.8. The smallest absolute Gasteiger partial charge is 0.294 e. The quantitative estimate of drug-likeness (QED) is 0.0381. The van der Waals surface area contributed by atoms with Crippen LogP contribution < -0.4 is 35.6 Å². The predicted molar refractivity (Wildman–Crippen MR) is 307 cm³/mol. The fourth-order valence-corrected chi connectivity index (χ4v) is 10.2. The van der Waals surface area contributed by atoms with Gasteiger partial charge in [-0.05, 0) is 68.1 Å². The van der Waals surface area contributed by atoms with E-state index in [4.69, 9.17) is 30.3 Å². The molecule has 0 bridgehead atoms. The molecular formula is C57H72N14O5. The van der Waals surface area contributed by atoms with Crippen molar-refractivity contribution in [1.82, 2.24) is 38.9 Å². The number of likely N-dealkylation sites (tertiary alicyclic amines) is 2. The number of para-hydroxylation sites is 2. The number of ether oxygens (including phenoxy) is 2. The zero-order chi connectivity index (χ0) is 54.0. The van der Waals surface area contributed by atoms with Crippen LogP contribution in [0.2, 0.25) is 0 Å². The van der Waals surface area contributed by atoms with Crippen LogP contribution in [-0.4, -0.2) is 137 Å². The number of rotatable bonds is 17. The fourth-order valence-electron chi connectivity index (χ4n) is 10.2.